The number of rotatable bonds is 5. The number of aromatic nitrogens is 2. The van der Waals surface area contributed by atoms with Crippen LogP contribution in [0.2, 0.25) is 0 Å². The maximum Gasteiger partial charge on any atom is 0.271 e. The topological polar surface area (TPSA) is 54.9 Å². The summed E-state index contributed by atoms with van der Waals surface area (Å²) in [6, 6.07) is 10.2. The lowest BCUT2D eigenvalue weighted by molar-refractivity contribution is 0.0948. The highest BCUT2D eigenvalue weighted by molar-refractivity contribution is 5.91. The Kier molecular flexibility index (Phi) is 4.41. The van der Waals surface area contributed by atoms with E-state index in [-0.39, 0.29) is 5.91 Å². The van der Waals surface area contributed by atoms with Crippen molar-refractivity contribution in [2.75, 3.05) is 6.54 Å². The molecule has 0 saturated heterocycles. The van der Waals surface area contributed by atoms with Gasteiger partial charge in [-0.05, 0) is 18.4 Å². The number of carbonyl (C=O) groups excluding carboxylic acids is 1. The molecule has 1 amide bonds. The van der Waals surface area contributed by atoms with Gasteiger partial charge in [0, 0.05) is 18.9 Å². The molecule has 0 unspecified atom stereocenters. The molecule has 0 atom stereocenters. The van der Waals surface area contributed by atoms with E-state index in [0.717, 1.165) is 12.8 Å². The minimum Gasteiger partial charge on any atom is -0.351 e. The van der Waals surface area contributed by atoms with Crippen LogP contribution in [0.15, 0.2) is 48.9 Å². The standard InChI is InChI=1S/C14H15N3O/c18-14(13-11-15-9-10-16-13)17-8-4-7-12-5-2-1-3-6-12/h1-3,5-6,9-11H,4,7-8H2,(H,17,18). The van der Waals surface area contributed by atoms with Crippen molar-refractivity contribution in [3.8, 4) is 0 Å². The van der Waals surface area contributed by atoms with Crippen LogP contribution in [0.4, 0.5) is 0 Å². The summed E-state index contributed by atoms with van der Waals surface area (Å²) in [5.41, 5.74) is 1.64. The lowest BCUT2D eigenvalue weighted by Gasteiger charge is -2.04. The van der Waals surface area contributed by atoms with Crippen LogP contribution in [-0.4, -0.2) is 22.4 Å². The van der Waals surface area contributed by atoms with Crippen LogP contribution in [0.1, 0.15) is 22.5 Å². The molecule has 0 bridgehead atoms. The predicted molar refractivity (Wildman–Crippen MR) is 69.1 cm³/mol. The van der Waals surface area contributed by atoms with Crippen LogP contribution < -0.4 is 5.32 Å². The summed E-state index contributed by atoms with van der Waals surface area (Å²) in [5.74, 6) is -0.170. The molecule has 0 aliphatic rings. The third-order valence-electron chi connectivity index (χ3n) is 2.57. The second-order valence-corrected chi connectivity index (χ2v) is 3.94. The summed E-state index contributed by atoms with van der Waals surface area (Å²) in [6.07, 6.45) is 6.40. The summed E-state index contributed by atoms with van der Waals surface area (Å²) >= 11 is 0. The number of aryl methyl sites for hydroxylation is 1. The van der Waals surface area contributed by atoms with Crippen molar-refractivity contribution in [2.45, 2.75) is 12.8 Å². The van der Waals surface area contributed by atoms with E-state index >= 15 is 0 Å². The van der Waals surface area contributed by atoms with Gasteiger partial charge in [-0.3, -0.25) is 9.78 Å². The van der Waals surface area contributed by atoms with Crippen molar-refractivity contribution in [1.29, 1.82) is 0 Å². The van der Waals surface area contributed by atoms with Gasteiger partial charge in [-0.1, -0.05) is 30.3 Å². The zero-order valence-electron chi connectivity index (χ0n) is 10.0. The highest BCUT2D eigenvalue weighted by Crippen LogP contribution is 2.01. The van der Waals surface area contributed by atoms with Crippen LogP contribution >= 0.6 is 0 Å². The first kappa shape index (κ1) is 12.2. The molecule has 0 spiro atoms. The maximum atomic E-state index is 11.6. The Labute approximate surface area is 106 Å². The first-order valence-corrected chi connectivity index (χ1v) is 5.94. The Morgan fingerprint density at radius 2 is 2.00 bits per heavy atom. The Hall–Kier alpha value is -2.23. The van der Waals surface area contributed by atoms with Crippen molar-refractivity contribution in [2.24, 2.45) is 0 Å². The van der Waals surface area contributed by atoms with Gasteiger partial charge in [0.15, 0.2) is 0 Å². The van der Waals surface area contributed by atoms with Crippen LogP contribution in [0, 0.1) is 0 Å². The molecule has 0 aliphatic heterocycles. The molecular formula is C14H15N3O. The molecule has 4 nitrogen and oxygen atoms in total. The number of nitrogens with zero attached hydrogens (tertiary/aromatic N) is 2. The number of carbonyl (C=O) groups is 1. The molecular weight excluding hydrogens is 226 g/mol. The molecule has 1 aromatic heterocycles. The molecule has 0 aliphatic carbocycles. The van der Waals surface area contributed by atoms with Gasteiger partial charge in [-0.25, -0.2) is 4.98 Å². The molecule has 1 N–H and O–H groups in total. The van der Waals surface area contributed by atoms with E-state index in [1.165, 1.54) is 18.0 Å². The Bertz CT molecular complexity index is 485. The van der Waals surface area contributed by atoms with Gasteiger partial charge in [0.25, 0.3) is 5.91 Å². The van der Waals surface area contributed by atoms with Crippen molar-refractivity contribution in [3.05, 3.63) is 60.2 Å². The van der Waals surface area contributed by atoms with E-state index < -0.39 is 0 Å². The lowest BCUT2D eigenvalue weighted by Crippen LogP contribution is -2.25. The van der Waals surface area contributed by atoms with Crippen molar-refractivity contribution >= 4 is 5.91 Å². The quantitative estimate of drug-likeness (QED) is 0.813. The van der Waals surface area contributed by atoms with Crippen molar-refractivity contribution in [3.63, 3.8) is 0 Å². The van der Waals surface area contributed by atoms with E-state index in [1.54, 1.807) is 6.20 Å². The zero-order chi connectivity index (χ0) is 12.6. The monoisotopic (exact) mass is 241 g/mol. The Morgan fingerprint density at radius 3 is 2.72 bits per heavy atom. The summed E-state index contributed by atoms with van der Waals surface area (Å²) in [7, 11) is 0. The Balaban J connectivity index is 1.72. The second kappa shape index (κ2) is 6.49. The van der Waals surface area contributed by atoms with Crippen LogP contribution in [0.25, 0.3) is 0 Å². The third-order valence-corrected chi connectivity index (χ3v) is 2.57. The number of benzene rings is 1. The number of hydrogen-bond acceptors (Lipinski definition) is 3. The predicted octanol–water partition coefficient (Wildman–Crippen LogP) is 1.84. The fourth-order valence-electron chi connectivity index (χ4n) is 1.65. The van der Waals surface area contributed by atoms with E-state index in [4.69, 9.17) is 0 Å². The van der Waals surface area contributed by atoms with Gasteiger partial charge < -0.3 is 5.32 Å². The molecule has 2 aromatic rings. The highest BCUT2D eigenvalue weighted by Gasteiger charge is 2.05. The highest BCUT2D eigenvalue weighted by atomic mass is 16.1. The lowest BCUT2D eigenvalue weighted by atomic mass is 10.1. The zero-order valence-corrected chi connectivity index (χ0v) is 10.0. The molecule has 18 heavy (non-hydrogen) atoms. The molecule has 0 radical (unpaired) electrons. The summed E-state index contributed by atoms with van der Waals surface area (Å²) in [6.45, 7) is 0.643. The fourth-order valence-corrected chi connectivity index (χ4v) is 1.65. The van der Waals surface area contributed by atoms with Crippen LogP contribution in [-0.2, 0) is 6.42 Å². The fraction of sp³-hybridized carbons (Fsp3) is 0.214. The van der Waals surface area contributed by atoms with Gasteiger partial charge in [-0.15, -0.1) is 0 Å². The molecule has 1 aromatic carbocycles. The molecule has 0 saturated carbocycles. The smallest absolute Gasteiger partial charge is 0.271 e. The van der Waals surface area contributed by atoms with Crippen LogP contribution in [0.3, 0.4) is 0 Å². The largest absolute Gasteiger partial charge is 0.351 e. The number of nitrogens with one attached hydrogen (secondary N) is 1. The maximum absolute atomic E-state index is 11.6. The van der Waals surface area contributed by atoms with E-state index in [9.17, 15) is 4.79 Å². The van der Waals surface area contributed by atoms with Gasteiger partial charge >= 0.3 is 0 Å². The first-order valence-electron chi connectivity index (χ1n) is 5.94. The average molecular weight is 241 g/mol. The molecule has 4 heteroatoms. The van der Waals surface area contributed by atoms with Gasteiger partial charge in [0.05, 0.1) is 6.20 Å². The molecule has 1 heterocycles. The van der Waals surface area contributed by atoms with E-state index in [2.05, 4.69) is 27.4 Å². The minimum absolute atomic E-state index is 0.170. The van der Waals surface area contributed by atoms with E-state index in [1.807, 2.05) is 18.2 Å². The first-order chi connectivity index (χ1) is 8.86. The van der Waals surface area contributed by atoms with E-state index in [0.29, 0.717) is 12.2 Å². The van der Waals surface area contributed by atoms with Crippen molar-refractivity contribution in [1.82, 2.24) is 15.3 Å². The number of hydrogen-bond donors (Lipinski definition) is 1. The van der Waals surface area contributed by atoms with Gasteiger partial charge in [0.2, 0.25) is 0 Å². The minimum atomic E-state index is -0.170. The normalized spacial score (nSPS) is 10.0. The van der Waals surface area contributed by atoms with Crippen molar-refractivity contribution < 1.29 is 4.79 Å². The van der Waals surface area contributed by atoms with Crippen LogP contribution in [0.5, 0.6) is 0 Å². The number of amides is 1. The Morgan fingerprint density at radius 1 is 1.17 bits per heavy atom. The molecule has 92 valence electrons. The summed E-state index contributed by atoms with van der Waals surface area (Å²) in [5, 5.41) is 2.83. The third kappa shape index (κ3) is 3.66. The molecule has 0 fully saturated rings. The summed E-state index contributed by atoms with van der Waals surface area (Å²) < 4.78 is 0. The van der Waals surface area contributed by atoms with Gasteiger partial charge in [-0.2, -0.15) is 0 Å². The second-order valence-electron chi connectivity index (χ2n) is 3.94. The molecule has 2 rings (SSSR count). The average Bonchev–Trinajstić information content (AvgIpc) is 2.45. The SMILES string of the molecule is O=C(NCCCc1ccccc1)c1cnccn1. The van der Waals surface area contributed by atoms with Gasteiger partial charge in [0.1, 0.15) is 5.69 Å². The summed E-state index contributed by atoms with van der Waals surface area (Å²) in [4.78, 5) is 19.4.